The predicted molar refractivity (Wildman–Crippen MR) is 106 cm³/mol. The third kappa shape index (κ3) is 3.97. The smallest absolute Gasteiger partial charge is 0.190 e. The topological polar surface area (TPSA) is 58.2 Å². The molecule has 0 saturated carbocycles. The number of ether oxygens (including phenoxy) is 5. The summed E-state index contributed by atoms with van der Waals surface area (Å²) in [6, 6.07) is 20.3. The van der Waals surface area contributed by atoms with Crippen LogP contribution in [0.5, 0.6) is 0 Å². The Morgan fingerprint density at radius 3 is 2.28 bits per heavy atom. The first-order valence-electron chi connectivity index (χ1n) is 10.2. The number of nitrogens with one attached hydrogen (secondary N) is 1. The van der Waals surface area contributed by atoms with Gasteiger partial charge in [-0.2, -0.15) is 0 Å². The second kappa shape index (κ2) is 7.80. The van der Waals surface area contributed by atoms with Crippen LogP contribution in [0, 0.1) is 0 Å². The van der Waals surface area contributed by atoms with Crippen molar-refractivity contribution in [2.75, 3.05) is 6.54 Å². The molecular formula is C23H27NO5. The summed E-state index contributed by atoms with van der Waals surface area (Å²) in [6.07, 6.45) is -1.83. The molecule has 1 N–H and O–H groups in total. The minimum Gasteiger partial charge on any atom is -0.341 e. The molecule has 0 radical (unpaired) electrons. The lowest BCUT2D eigenvalue weighted by atomic mass is 10.0. The second-order valence-corrected chi connectivity index (χ2v) is 8.20. The van der Waals surface area contributed by atoms with Gasteiger partial charge in [-0.3, -0.25) is 0 Å². The zero-order valence-electron chi connectivity index (χ0n) is 16.7. The highest BCUT2D eigenvalue weighted by Crippen LogP contribution is 2.44. The molecular weight excluding hydrogens is 370 g/mol. The molecule has 6 atom stereocenters. The van der Waals surface area contributed by atoms with Crippen LogP contribution < -0.4 is 5.32 Å². The van der Waals surface area contributed by atoms with E-state index in [1.165, 1.54) is 5.56 Å². The van der Waals surface area contributed by atoms with Gasteiger partial charge in [-0.1, -0.05) is 60.7 Å². The van der Waals surface area contributed by atoms with Crippen molar-refractivity contribution in [3.05, 3.63) is 71.8 Å². The molecule has 154 valence electrons. The predicted octanol–water partition coefficient (Wildman–Crippen LogP) is 3.14. The lowest BCUT2D eigenvalue weighted by Crippen LogP contribution is -2.52. The van der Waals surface area contributed by atoms with Gasteiger partial charge in [-0.15, -0.1) is 0 Å². The molecule has 0 amide bonds. The molecule has 6 heteroatoms. The maximum atomic E-state index is 6.32. The Hall–Kier alpha value is -1.80. The van der Waals surface area contributed by atoms with E-state index in [0.29, 0.717) is 6.54 Å². The van der Waals surface area contributed by atoms with E-state index in [0.717, 1.165) is 12.1 Å². The van der Waals surface area contributed by atoms with E-state index in [4.69, 9.17) is 23.7 Å². The molecule has 3 aliphatic rings. The van der Waals surface area contributed by atoms with Gasteiger partial charge >= 0.3 is 0 Å². The zero-order chi connectivity index (χ0) is 19.8. The van der Waals surface area contributed by atoms with E-state index >= 15 is 0 Å². The van der Waals surface area contributed by atoms with Crippen LogP contribution in [0.1, 0.15) is 31.3 Å². The number of rotatable bonds is 5. The van der Waals surface area contributed by atoms with Crippen molar-refractivity contribution in [1.82, 2.24) is 5.32 Å². The van der Waals surface area contributed by atoms with Crippen LogP contribution in [0.4, 0.5) is 0 Å². The molecule has 3 aliphatic heterocycles. The normalized spacial score (nSPS) is 35.2. The van der Waals surface area contributed by atoms with Crippen LogP contribution in [0.2, 0.25) is 0 Å². The van der Waals surface area contributed by atoms with E-state index in [1.54, 1.807) is 0 Å². The molecule has 2 aromatic rings. The van der Waals surface area contributed by atoms with E-state index < -0.39 is 18.4 Å². The quantitative estimate of drug-likeness (QED) is 0.837. The maximum absolute atomic E-state index is 6.32. The zero-order valence-corrected chi connectivity index (χ0v) is 16.7. The van der Waals surface area contributed by atoms with E-state index in [9.17, 15) is 0 Å². The summed E-state index contributed by atoms with van der Waals surface area (Å²) in [4.78, 5) is 0. The summed E-state index contributed by atoms with van der Waals surface area (Å²) in [5.74, 6) is -0.675. The van der Waals surface area contributed by atoms with Gasteiger partial charge in [0.25, 0.3) is 0 Å². The lowest BCUT2D eigenvalue weighted by molar-refractivity contribution is -0.308. The number of hydrogen-bond acceptors (Lipinski definition) is 6. The summed E-state index contributed by atoms with van der Waals surface area (Å²) in [6.45, 7) is 5.21. The molecule has 3 heterocycles. The minimum atomic E-state index is -0.675. The lowest BCUT2D eigenvalue weighted by Gasteiger charge is -2.39. The Bertz CT molecular complexity index is 815. The van der Waals surface area contributed by atoms with Crippen molar-refractivity contribution in [2.24, 2.45) is 0 Å². The Morgan fingerprint density at radius 2 is 1.52 bits per heavy atom. The molecule has 0 bridgehead atoms. The fraction of sp³-hybridized carbons (Fsp3) is 0.478. The van der Waals surface area contributed by atoms with E-state index in [-0.39, 0.29) is 24.4 Å². The van der Waals surface area contributed by atoms with Crippen LogP contribution in [0.25, 0.3) is 0 Å². The van der Waals surface area contributed by atoms with E-state index in [1.807, 2.05) is 62.4 Å². The maximum Gasteiger partial charge on any atom is 0.190 e. The van der Waals surface area contributed by atoms with Crippen molar-refractivity contribution in [3.8, 4) is 0 Å². The van der Waals surface area contributed by atoms with Gasteiger partial charge in [-0.05, 0) is 19.4 Å². The average molecular weight is 397 g/mol. The van der Waals surface area contributed by atoms with Crippen molar-refractivity contribution in [3.63, 3.8) is 0 Å². The first kappa shape index (κ1) is 19.2. The standard InChI is InChI=1S/C23H27NO5/c1-23(2)28-20-19-18(26-22(20)29-23)17(14-24-13-15-9-5-3-6-10-15)25-21(27-19)16-11-7-4-8-12-16/h3-12,17-22,24H,13-14H2,1-2H3. The molecule has 3 saturated heterocycles. The summed E-state index contributed by atoms with van der Waals surface area (Å²) in [5.41, 5.74) is 2.22. The molecule has 29 heavy (non-hydrogen) atoms. The molecule has 3 fully saturated rings. The van der Waals surface area contributed by atoms with Gasteiger partial charge in [0.15, 0.2) is 18.4 Å². The van der Waals surface area contributed by atoms with Crippen LogP contribution in [0.3, 0.4) is 0 Å². The van der Waals surface area contributed by atoms with Crippen molar-refractivity contribution in [2.45, 2.75) is 63.2 Å². The molecule has 0 aromatic heterocycles. The van der Waals surface area contributed by atoms with Gasteiger partial charge in [0.05, 0.1) is 0 Å². The molecule has 5 rings (SSSR count). The summed E-state index contributed by atoms with van der Waals surface area (Å²) < 4.78 is 30.9. The van der Waals surface area contributed by atoms with Crippen molar-refractivity contribution >= 4 is 0 Å². The molecule has 6 nitrogen and oxygen atoms in total. The van der Waals surface area contributed by atoms with Crippen molar-refractivity contribution < 1.29 is 23.7 Å². The molecule has 6 unspecified atom stereocenters. The van der Waals surface area contributed by atoms with Gasteiger partial charge in [0, 0.05) is 18.7 Å². The average Bonchev–Trinajstić information content (AvgIpc) is 3.21. The molecule has 0 spiro atoms. The Kier molecular flexibility index (Phi) is 5.16. The fourth-order valence-corrected chi connectivity index (χ4v) is 4.26. The largest absolute Gasteiger partial charge is 0.341 e. The minimum absolute atomic E-state index is 0.177. The number of benzene rings is 2. The third-order valence-corrected chi connectivity index (χ3v) is 5.56. The summed E-state index contributed by atoms with van der Waals surface area (Å²) >= 11 is 0. The van der Waals surface area contributed by atoms with Crippen LogP contribution in [-0.4, -0.2) is 43.0 Å². The number of hydrogen-bond donors (Lipinski definition) is 1. The first-order valence-corrected chi connectivity index (χ1v) is 10.2. The Labute approximate surface area is 171 Å². The summed E-state index contributed by atoms with van der Waals surface area (Å²) in [5, 5.41) is 3.50. The van der Waals surface area contributed by atoms with Gasteiger partial charge in [0.2, 0.25) is 0 Å². The van der Waals surface area contributed by atoms with Crippen LogP contribution in [-0.2, 0) is 30.2 Å². The Balaban J connectivity index is 1.32. The highest BCUT2D eigenvalue weighted by atomic mass is 16.9. The van der Waals surface area contributed by atoms with Gasteiger partial charge in [0.1, 0.15) is 24.4 Å². The SMILES string of the molecule is CC1(C)OC2OC3C(CNCc4ccccc4)OC(c4ccccc4)OC3C2O1. The molecule has 0 aliphatic carbocycles. The van der Waals surface area contributed by atoms with Crippen LogP contribution in [0.15, 0.2) is 60.7 Å². The van der Waals surface area contributed by atoms with Crippen molar-refractivity contribution in [1.29, 1.82) is 0 Å². The highest BCUT2D eigenvalue weighted by molar-refractivity contribution is 5.17. The second-order valence-electron chi connectivity index (χ2n) is 8.20. The summed E-state index contributed by atoms with van der Waals surface area (Å²) in [7, 11) is 0. The Morgan fingerprint density at radius 1 is 0.793 bits per heavy atom. The first-order chi connectivity index (χ1) is 14.1. The van der Waals surface area contributed by atoms with Gasteiger partial charge < -0.3 is 29.0 Å². The molecule has 2 aromatic carbocycles. The highest BCUT2D eigenvalue weighted by Gasteiger charge is 2.60. The van der Waals surface area contributed by atoms with E-state index in [2.05, 4.69) is 17.4 Å². The number of fused-ring (bicyclic) bond motifs is 3. The van der Waals surface area contributed by atoms with Gasteiger partial charge in [-0.25, -0.2) is 0 Å². The monoisotopic (exact) mass is 397 g/mol. The third-order valence-electron chi connectivity index (χ3n) is 5.56. The van der Waals surface area contributed by atoms with Crippen LogP contribution >= 0.6 is 0 Å². The fourth-order valence-electron chi connectivity index (χ4n) is 4.26.